The molecule has 1 aromatic heterocycles. The highest BCUT2D eigenvalue weighted by Crippen LogP contribution is 2.60. The van der Waals surface area contributed by atoms with Crippen molar-refractivity contribution < 1.29 is 23.1 Å². The summed E-state index contributed by atoms with van der Waals surface area (Å²) in [5, 5.41) is 10.7. The standard InChI is InChI=1S/C23H21ClN2O5S2/c1-14(27)20(25)22(16-5-3-2-4-6-16)13-23(22,21(28)29)26-33(30,31)19-12-11-18(32-19)15-7-9-17(24)10-8-15/h2-12,20,26H,13,25H2,1H3,(H,28,29). The number of aliphatic carboxylic acids is 1. The minimum Gasteiger partial charge on any atom is -0.480 e. The van der Waals surface area contributed by atoms with Crippen molar-refractivity contribution in [3.05, 3.63) is 77.3 Å². The van der Waals surface area contributed by atoms with Crippen LogP contribution in [0.3, 0.4) is 0 Å². The molecule has 1 heterocycles. The maximum atomic E-state index is 13.3. The van der Waals surface area contributed by atoms with E-state index in [2.05, 4.69) is 4.72 Å². The summed E-state index contributed by atoms with van der Waals surface area (Å²) >= 11 is 6.92. The van der Waals surface area contributed by atoms with Crippen molar-refractivity contribution in [2.24, 2.45) is 5.73 Å². The van der Waals surface area contributed by atoms with Crippen molar-refractivity contribution in [2.45, 2.75) is 34.5 Å². The van der Waals surface area contributed by atoms with Crippen LogP contribution in [0.1, 0.15) is 18.9 Å². The molecule has 1 saturated carbocycles. The van der Waals surface area contributed by atoms with Crippen molar-refractivity contribution >= 4 is 44.7 Å². The van der Waals surface area contributed by atoms with Gasteiger partial charge in [0.2, 0.25) is 0 Å². The van der Waals surface area contributed by atoms with Gasteiger partial charge in [0.05, 0.1) is 6.04 Å². The zero-order valence-electron chi connectivity index (χ0n) is 17.5. The molecule has 33 heavy (non-hydrogen) atoms. The number of carboxylic acid groups (broad SMARTS) is 1. The van der Waals surface area contributed by atoms with Gasteiger partial charge in [-0.3, -0.25) is 9.59 Å². The van der Waals surface area contributed by atoms with Crippen LogP contribution in [0.2, 0.25) is 5.02 Å². The van der Waals surface area contributed by atoms with E-state index in [9.17, 15) is 23.1 Å². The van der Waals surface area contributed by atoms with Gasteiger partial charge in [-0.1, -0.05) is 54.1 Å². The van der Waals surface area contributed by atoms with Gasteiger partial charge in [0.1, 0.15) is 15.5 Å². The van der Waals surface area contributed by atoms with Crippen LogP contribution in [0.5, 0.6) is 0 Å². The van der Waals surface area contributed by atoms with Gasteiger partial charge in [-0.25, -0.2) is 8.42 Å². The highest BCUT2D eigenvalue weighted by atomic mass is 35.5. The van der Waals surface area contributed by atoms with Gasteiger partial charge in [-0.2, -0.15) is 4.72 Å². The molecular formula is C23H21ClN2O5S2. The summed E-state index contributed by atoms with van der Waals surface area (Å²) in [6.07, 6.45) is -0.144. The predicted octanol–water partition coefficient (Wildman–Crippen LogP) is 3.43. The molecule has 3 atom stereocenters. The van der Waals surface area contributed by atoms with E-state index < -0.39 is 38.8 Å². The minimum atomic E-state index is -4.24. The molecule has 4 rings (SSSR count). The topological polar surface area (TPSA) is 127 Å². The van der Waals surface area contributed by atoms with Gasteiger partial charge < -0.3 is 10.8 Å². The Kier molecular flexibility index (Phi) is 5.96. The molecule has 7 nitrogen and oxygen atoms in total. The zero-order chi connectivity index (χ0) is 24.0. The van der Waals surface area contributed by atoms with E-state index in [1.807, 2.05) is 0 Å². The van der Waals surface area contributed by atoms with Gasteiger partial charge >= 0.3 is 5.97 Å². The molecule has 0 spiro atoms. The zero-order valence-corrected chi connectivity index (χ0v) is 19.9. The number of carboxylic acids is 1. The van der Waals surface area contributed by atoms with Crippen molar-refractivity contribution in [1.29, 1.82) is 0 Å². The molecule has 1 aliphatic rings. The Morgan fingerprint density at radius 2 is 1.73 bits per heavy atom. The van der Waals surface area contributed by atoms with E-state index in [0.717, 1.165) is 16.9 Å². The number of ketones is 1. The van der Waals surface area contributed by atoms with Crippen LogP contribution in [0.15, 0.2) is 70.9 Å². The fraction of sp³-hybridized carbons (Fsp3) is 0.217. The molecule has 1 fully saturated rings. The SMILES string of the molecule is CC(=O)C(N)C1(c2ccccc2)CC1(NS(=O)(=O)c1ccc(-c2ccc(Cl)cc2)s1)C(=O)O. The Hall–Kier alpha value is -2.56. The molecule has 2 aromatic carbocycles. The molecule has 0 amide bonds. The monoisotopic (exact) mass is 504 g/mol. The number of hydrogen-bond donors (Lipinski definition) is 3. The fourth-order valence-corrected chi connectivity index (χ4v) is 7.16. The van der Waals surface area contributed by atoms with Crippen molar-refractivity contribution in [1.82, 2.24) is 4.72 Å². The Balaban J connectivity index is 1.73. The number of carbonyl (C=O) groups excluding carboxylic acids is 1. The van der Waals surface area contributed by atoms with Crippen LogP contribution in [0, 0.1) is 0 Å². The molecular weight excluding hydrogens is 484 g/mol. The summed E-state index contributed by atoms with van der Waals surface area (Å²) in [6, 6.07) is 17.3. The van der Waals surface area contributed by atoms with Gasteiger partial charge in [-0.05, 0) is 48.7 Å². The van der Waals surface area contributed by atoms with Crippen LogP contribution in [0.25, 0.3) is 10.4 Å². The number of nitrogens with one attached hydrogen (secondary N) is 1. The first-order valence-electron chi connectivity index (χ1n) is 9.98. The number of rotatable bonds is 8. The molecule has 172 valence electrons. The smallest absolute Gasteiger partial charge is 0.325 e. The van der Waals surface area contributed by atoms with Crippen LogP contribution in [-0.2, 0) is 25.0 Å². The van der Waals surface area contributed by atoms with E-state index in [1.165, 1.54) is 13.0 Å². The highest BCUT2D eigenvalue weighted by molar-refractivity contribution is 7.91. The van der Waals surface area contributed by atoms with Gasteiger partial charge in [0.25, 0.3) is 10.0 Å². The number of halogens is 1. The summed E-state index contributed by atoms with van der Waals surface area (Å²) in [7, 11) is -4.24. The van der Waals surface area contributed by atoms with E-state index in [4.69, 9.17) is 17.3 Å². The number of Topliss-reactive ketones (excluding diaryl/α,β-unsaturated/α-hetero) is 1. The molecule has 10 heteroatoms. The first-order chi connectivity index (χ1) is 15.5. The van der Waals surface area contributed by atoms with Crippen molar-refractivity contribution in [3.8, 4) is 10.4 Å². The third-order valence-corrected chi connectivity index (χ3v) is 9.46. The second-order valence-electron chi connectivity index (χ2n) is 8.04. The maximum Gasteiger partial charge on any atom is 0.325 e. The summed E-state index contributed by atoms with van der Waals surface area (Å²) in [6.45, 7) is 1.27. The highest BCUT2D eigenvalue weighted by Gasteiger charge is 2.77. The molecule has 0 saturated heterocycles. The average molecular weight is 505 g/mol. The summed E-state index contributed by atoms with van der Waals surface area (Å²) < 4.78 is 28.9. The van der Waals surface area contributed by atoms with Gasteiger partial charge in [0.15, 0.2) is 0 Å². The quantitative estimate of drug-likeness (QED) is 0.431. The second-order valence-corrected chi connectivity index (χ2v) is 11.5. The number of thiophene rings is 1. The molecule has 4 N–H and O–H groups in total. The van der Waals surface area contributed by atoms with Crippen molar-refractivity contribution in [3.63, 3.8) is 0 Å². The lowest BCUT2D eigenvalue weighted by atomic mass is 9.82. The lowest BCUT2D eigenvalue weighted by molar-refractivity contribution is -0.141. The summed E-state index contributed by atoms with van der Waals surface area (Å²) in [5.74, 6) is -1.82. The lowest BCUT2D eigenvalue weighted by Crippen LogP contribution is -2.55. The van der Waals surface area contributed by atoms with Crippen LogP contribution in [0.4, 0.5) is 0 Å². The van der Waals surface area contributed by atoms with E-state index >= 15 is 0 Å². The number of benzene rings is 2. The number of hydrogen-bond acceptors (Lipinski definition) is 6. The summed E-state index contributed by atoms with van der Waals surface area (Å²) in [4.78, 5) is 25.4. The molecule has 0 bridgehead atoms. The third kappa shape index (κ3) is 3.89. The van der Waals surface area contributed by atoms with Crippen LogP contribution in [-0.4, -0.2) is 36.9 Å². The molecule has 3 aromatic rings. The second kappa shape index (κ2) is 8.34. The predicted molar refractivity (Wildman–Crippen MR) is 127 cm³/mol. The Morgan fingerprint density at radius 3 is 2.30 bits per heavy atom. The molecule has 1 aliphatic carbocycles. The Labute approximate surface area is 200 Å². The van der Waals surface area contributed by atoms with Crippen molar-refractivity contribution in [2.75, 3.05) is 0 Å². The fourth-order valence-electron chi connectivity index (χ4n) is 4.31. The molecule has 0 aliphatic heterocycles. The molecule has 0 radical (unpaired) electrons. The average Bonchev–Trinajstić information content (AvgIpc) is 3.18. The van der Waals surface area contributed by atoms with Crippen LogP contribution < -0.4 is 10.5 Å². The van der Waals surface area contributed by atoms with Crippen LogP contribution >= 0.6 is 22.9 Å². The Morgan fingerprint density at radius 1 is 1.09 bits per heavy atom. The normalized spacial score (nSPS) is 23.1. The van der Waals surface area contributed by atoms with E-state index in [-0.39, 0.29) is 10.6 Å². The number of sulfonamides is 1. The molecule has 3 unspecified atom stereocenters. The van der Waals surface area contributed by atoms with E-state index in [1.54, 1.807) is 60.7 Å². The lowest BCUT2D eigenvalue weighted by Gasteiger charge is -2.28. The Bertz CT molecular complexity index is 1320. The minimum absolute atomic E-state index is 0.0432. The first-order valence-corrected chi connectivity index (χ1v) is 12.7. The number of nitrogens with two attached hydrogens (primary N) is 1. The third-order valence-electron chi connectivity index (χ3n) is 6.09. The van der Waals surface area contributed by atoms with E-state index in [0.29, 0.717) is 15.5 Å². The number of carbonyl (C=O) groups is 2. The van der Waals surface area contributed by atoms with Gasteiger partial charge in [-0.15, -0.1) is 11.3 Å². The maximum absolute atomic E-state index is 13.3. The summed E-state index contributed by atoms with van der Waals surface area (Å²) in [5.41, 5.74) is 4.10. The van der Waals surface area contributed by atoms with Gasteiger partial charge in [0, 0.05) is 15.3 Å². The largest absolute Gasteiger partial charge is 0.480 e. The first kappa shape index (κ1) is 23.6.